The van der Waals surface area contributed by atoms with Crippen molar-refractivity contribution in [1.29, 1.82) is 0 Å². The first kappa shape index (κ1) is 16.7. The van der Waals surface area contributed by atoms with E-state index in [-0.39, 0.29) is 17.9 Å². The van der Waals surface area contributed by atoms with Gasteiger partial charge in [-0.25, -0.2) is 9.18 Å². The molecule has 1 heterocycles. The van der Waals surface area contributed by atoms with Gasteiger partial charge in [0, 0.05) is 17.5 Å². The van der Waals surface area contributed by atoms with Crippen molar-refractivity contribution < 1.29 is 23.1 Å². The van der Waals surface area contributed by atoms with E-state index in [4.69, 9.17) is 13.9 Å². The van der Waals surface area contributed by atoms with Gasteiger partial charge in [0.2, 0.25) is 0 Å². The average Bonchev–Trinajstić information content (AvgIpc) is 2.54. The molecule has 3 rings (SSSR count). The summed E-state index contributed by atoms with van der Waals surface area (Å²) in [4.78, 5) is 23.5. The predicted octanol–water partition coefficient (Wildman–Crippen LogP) is 3.40. The molecule has 0 saturated heterocycles. The predicted molar refractivity (Wildman–Crippen MR) is 89.5 cm³/mol. The third-order valence-corrected chi connectivity index (χ3v) is 3.72. The van der Waals surface area contributed by atoms with Crippen LogP contribution in [0.2, 0.25) is 0 Å². The number of carbonyl (C=O) groups is 1. The van der Waals surface area contributed by atoms with E-state index >= 15 is 0 Å². The summed E-state index contributed by atoms with van der Waals surface area (Å²) in [5, 5.41) is 0.761. The first-order valence-corrected chi connectivity index (χ1v) is 7.54. The maximum atomic E-state index is 13.7. The number of benzene rings is 2. The minimum Gasteiger partial charge on any atom is -0.494 e. The van der Waals surface area contributed by atoms with Gasteiger partial charge in [-0.2, -0.15) is 0 Å². The lowest BCUT2D eigenvalue weighted by atomic mass is 10.1. The Morgan fingerprint density at radius 2 is 1.96 bits per heavy atom. The number of hydrogen-bond donors (Lipinski definition) is 0. The van der Waals surface area contributed by atoms with Crippen LogP contribution in [-0.2, 0) is 11.2 Å². The van der Waals surface area contributed by atoms with Gasteiger partial charge in [0.05, 0.1) is 13.5 Å². The molecule has 0 amide bonds. The van der Waals surface area contributed by atoms with Crippen molar-refractivity contribution >= 4 is 16.9 Å². The number of esters is 1. The third kappa shape index (κ3) is 3.68. The Hall–Kier alpha value is -3.15. The highest BCUT2D eigenvalue weighted by Gasteiger charge is 2.11. The molecule has 6 heteroatoms. The van der Waals surface area contributed by atoms with E-state index in [1.54, 1.807) is 25.1 Å². The van der Waals surface area contributed by atoms with Gasteiger partial charge in [-0.3, -0.25) is 4.79 Å². The molecule has 5 nitrogen and oxygen atoms in total. The second-order valence-corrected chi connectivity index (χ2v) is 5.53. The van der Waals surface area contributed by atoms with Crippen molar-refractivity contribution in [2.75, 3.05) is 7.11 Å². The normalized spacial score (nSPS) is 10.7. The molecular weight excluding hydrogens is 327 g/mol. The van der Waals surface area contributed by atoms with E-state index in [0.29, 0.717) is 11.1 Å². The molecule has 0 fully saturated rings. The van der Waals surface area contributed by atoms with Gasteiger partial charge in [-0.15, -0.1) is 0 Å². The fourth-order valence-electron chi connectivity index (χ4n) is 2.52. The molecule has 3 aromatic rings. The molecule has 0 atom stereocenters. The lowest BCUT2D eigenvalue weighted by Gasteiger charge is -2.07. The molecule has 25 heavy (non-hydrogen) atoms. The smallest absolute Gasteiger partial charge is 0.336 e. The minimum absolute atomic E-state index is 0.100. The van der Waals surface area contributed by atoms with Gasteiger partial charge >= 0.3 is 11.6 Å². The van der Waals surface area contributed by atoms with Crippen molar-refractivity contribution in [2.24, 2.45) is 0 Å². The number of ether oxygens (including phenoxy) is 2. The Labute approximate surface area is 142 Å². The summed E-state index contributed by atoms with van der Waals surface area (Å²) in [5.41, 5.74) is 1.11. The second-order valence-electron chi connectivity index (χ2n) is 5.53. The van der Waals surface area contributed by atoms with Crippen LogP contribution in [0.15, 0.2) is 51.7 Å². The van der Waals surface area contributed by atoms with E-state index in [9.17, 15) is 14.0 Å². The van der Waals surface area contributed by atoms with Crippen LogP contribution in [0.25, 0.3) is 11.0 Å². The van der Waals surface area contributed by atoms with Crippen LogP contribution in [-0.4, -0.2) is 13.1 Å². The Kier molecular flexibility index (Phi) is 4.52. The van der Waals surface area contributed by atoms with E-state index in [0.717, 1.165) is 10.9 Å². The molecule has 0 spiro atoms. The average molecular weight is 342 g/mol. The molecule has 0 radical (unpaired) electrons. The highest BCUT2D eigenvalue weighted by molar-refractivity contribution is 5.82. The Morgan fingerprint density at radius 1 is 1.16 bits per heavy atom. The van der Waals surface area contributed by atoms with Crippen LogP contribution in [0.1, 0.15) is 11.1 Å². The Balaban J connectivity index is 1.77. The van der Waals surface area contributed by atoms with Crippen molar-refractivity contribution in [3.8, 4) is 11.5 Å². The van der Waals surface area contributed by atoms with Crippen LogP contribution in [0.4, 0.5) is 4.39 Å². The Bertz CT molecular complexity index is 1010. The zero-order valence-corrected chi connectivity index (χ0v) is 13.7. The van der Waals surface area contributed by atoms with Crippen molar-refractivity contribution in [3.63, 3.8) is 0 Å². The van der Waals surface area contributed by atoms with Crippen molar-refractivity contribution in [2.45, 2.75) is 13.3 Å². The van der Waals surface area contributed by atoms with E-state index in [1.807, 2.05) is 0 Å². The van der Waals surface area contributed by atoms with Gasteiger partial charge in [0.1, 0.15) is 11.3 Å². The first-order valence-electron chi connectivity index (χ1n) is 7.54. The summed E-state index contributed by atoms with van der Waals surface area (Å²) in [7, 11) is 1.37. The number of carbonyl (C=O) groups excluding carboxylic acids is 1. The van der Waals surface area contributed by atoms with Crippen LogP contribution in [0.3, 0.4) is 0 Å². The van der Waals surface area contributed by atoms with E-state index < -0.39 is 17.4 Å². The summed E-state index contributed by atoms with van der Waals surface area (Å²) in [5.74, 6) is -0.744. The molecule has 0 aliphatic carbocycles. The van der Waals surface area contributed by atoms with E-state index in [1.165, 1.54) is 31.4 Å². The number of aryl methyl sites for hydroxylation is 1. The minimum atomic E-state index is -0.557. The summed E-state index contributed by atoms with van der Waals surface area (Å²) in [6.45, 7) is 1.79. The number of hydrogen-bond acceptors (Lipinski definition) is 5. The monoisotopic (exact) mass is 342 g/mol. The molecule has 0 saturated carbocycles. The fraction of sp³-hybridized carbons (Fsp3) is 0.158. The number of methoxy groups -OCH3 is 1. The molecular formula is C19H15FO5. The first-order chi connectivity index (χ1) is 12.0. The summed E-state index contributed by atoms with van der Waals surface area (Å²) < 4.78 is 28.9. The number of rotatable bonds is 4. The molecule has 0 bridgehead atoms. The van der Waals surface area contributed by atoms with Crippen molar-refractivity contribution in [1.82, 2.24) is 0 Å². The maximum absolute atomic E-state index is 13.7. The van der Waals surface area contributed by atoms with Gasteiger partial charge in [0.15, 0.2) is 11.6 Å². The SMILES string of the molecule is COc1ccc(CC(=O)Oc2ccc3c(C)cc(=O)oc3c2)cc1F. The van der Waals surface area contributed by atoms with E-state index in [2.05, 4.69) is 0 Å². The van der Waals surface area contributed by atoms with Gasteiger partial charge < -0.3 is 13.9 Å². The largest absolute Gasteiger partial charge is 0.494 e. The van der Waals surface area contributed by atoms with Gasteiger partial charge in [-0.05, 0) is 42.3 Å². The number of fused-ring (bicyclic) bond motifs is 1. The summed E-state index contributed by atoms with van der Waals surface area (Å²) in [6, 6.07) is 10.5. The molecule has 128 valence electrons. The molecule has 2 aromatic carbocycles. The lowest BCUT2D eigenvalue weighted by molar-refractivity contribution is -0.133. The Morgan fingerprint density at radius 3 is 2.68 bits per heavy atom. The summed E-state index contributed by atoms with van der Waals surface area (Å²) >= 11 is 0. The molecule has 0 N–H and O–H groups in total. The second kappa shape index (κ2) is 6.76. The van der Waals surface area contributed by atoms with Gasteiger partial charge in [0.25, 0.3) is 0 Å². The standard InChI is InChI=1S/C19H15FO5/c1-11-7-18(21)25-17-10-13(4-5-14(11)17)24-19(22)9-12-3-6-16(23-2)15(20)8-12/h3-8,10H,9H2,1-2H3. The zero-order valence-electron chi connectivity index (χ0n) is 13.7. The van der Waals surface area contributed by atoms with Crippen LogP contribution in [0.5, 0.6) is 11.5 Å². The quantitative estimate of drug-likeness (QED) is 0.413. The lowest BCUT2D eigenvalue weighted by Crippen LogP contribution is -2.11. The van der Waals surface area contributed by atoms with Gasteiger partial charge in [-0.1, -0.05) is 6.07 Å². The van der Waals surface area contributed by atoms with Crippen LogP contribution >= 0.6 is 0 Å². The fourth-order valence-corrected chi connectivity index (χ4v) is 2.52. The number of halogens is 1. The molecule has 0 unspecified atom stereocenters. The topological polar surface area (TPSA) is 65.7 Å². The molecule has 0 aliphatic heterocycles. The van der Waals surface area contributed by atoms with Crippen LogP contribution in [0, 0.1) is 12.7 Å². The van der Waals surface area contributed by atoms with Crippen molar-refractivity contribution in [3.05, 3.63) is 69.8 Å². The maximum Gasteiger partial charge on any atom is 0.336 e. The third-order valence-electron chi connectivity index (χ3n) is 3.72. The highest BCUT2D eigenvalue weighted by Crippen LogP contribution is 2.23. The molecule has 0 aliphatic rings. The summed E-state index contributed by atoms with van der Waals surface area (Å²) in [6.07, 6.45) is -0.100. The van der Waals surface area contributed by atoms with Crippen LogP contribution < -0.4 is 15.1 Å². The highest BCUT2D eigenvalue weighted by atomic mass is 19.1. The molecule has 1 aromatic heterocycles. The zero-order chi connectivity index (χ0) is 18.0.